The third kappa shape index (κ3) is 3.24. The monoisotopic (exact) mass is 317 g/mol. The highest BCUT2D eigenvalue weighted by atomic mass is 16.5. The number of carbonyl (C=O) groups excluding carboxylic acids is 1. The molecule has 2 fully saturated rings. The lowest BCUT2D eigenvalue weighted by atomic mass is 10.00. The van der Waals surface area contributed by atoms with E-state index in [4.69, 9.17) is 4.74 Å². The van der Waals surface area contributed by atoms with Crippen LogP contribution < -0.4 is 0 Å². The minimum atomic E-state index is -0.989. The van der Waals surface area contributed by atoms with E-state index in [2.05, 4.69) is 38.1 Å². The molecular formula is C18H23NO4. The molecule has 1 saturated heterocycles. The number of rotatable bonds is 4. The minimum Gasteiger partial charge on any atom is -0.480 e. The Balaban J connectivity index is 1.67. The van der Waals surface area contributed by atoms with E-state index in [0.717, 1.165) is 6.42 Å². The van der Waals surface area contributed by atoms with Crippen LogP contribution in [0.15, 0.2) is 24.3 Å². The average molecular weight is 317 g/mol. The minimum absolute atomic E-state index is 0.0429. The number of nitrogens with zero attached hydrogens (tertiary/aromatic N) is 1. The summed E-state index contributed by atoms with van der Waals surface area (Å²) < 4.78 is 5.20. The van der Waals surface area contributed by atoms with E-state index < -0.39 is 12.0 Å². The highest BCUT2D eigenvalue weighted by molar-refractivity contribution is 5.88. The normalized spacial score (nSPS) is 27.1. The first-order valence-corrected chi connectivity index (χ1v) is 8.20. The molecule has 5 heteroatoms. The fraction of sp³-hybridized carbons (Fsp3) is 0.556. The summed E-state index contributed by atoms with van der Waals surface area (Å²) in [6, 6.07) is 7.59. The summed E-state index contributed by atoms with van der Waals surface area (Å²) in [5.74, 6) is -0.401. The third-order valence-electron chi connectivity index (χ3n) is 4.84. The van der Waals surface area contributed by atoms with Crippen molar-refractivity contribution in [2.45, 2.75) is 38.1 Å². The Kier molecular flexibility index (Phi) is 4.39. The van der Waals surface area contributed by atoms with E-state index >= 15 is 0 Å². The molecule has 1 aromatic carbocycles. The van der Waals surface area contributed by atoms with Gasteiger partial charge in [-0.25, -0.2) is 4.79 Å². The Morgan fingerprint density at radius 1 is 1.26 bits per heavy atom. The van der Waals surface area contributed by atoms with Crippen LogP contribution in [0.2, 0.25) is 0 Å². The van der Waals surface area contributed by atoms with E-state index in [9.17, 15) is 14.7 Å². The van der Waals surface area contributed by atoms with Gasteiger partial charge in [-0.15, -0.1) is 0 Å². The maximum atomic E-state index is 12.6. The van der Waals surface area contributed by atoms with Crippen LogP contribution in [0.25, 0.3) is 0 Å². The van der Waals surface area contributed by atoms with Gasteiger partial charge in [0.25, 0.3) is 0 Å². The van der Waals surface area contributed by atoms with E-state index in [1.807, 2.05) is 0 Å². The number of carboxylic acids is 1. The summed E-state index contributed by atoms with van der Waals surface area (Å²) in [6.45, 7) is 5.18. The molecule has 124 valence electrons. The van der Waals surface area contributed by atoms with Crippen molar-refractivity contribution >= 4 is 11.9 Å². The summed E-state index contributed by atoms with van der Waals surface area (Å²) in [6.07, 6.45) is 0.809. The first-order chi connectivity index (χ1) is 11.0. The first-order valence-electron chi connectivity index (χ1n) is 8.20. The lowest BCUT2D eigenvalue weighted by Crippen LogP contribution is -2.53. The molecule has 0 bridgehead atoms. The van der Waals surface area contributed by atoms with Crippen molar-refractivity contribution in [2.75, 3.05) is 19.8 Å². The molecule has 3 rings (SSSR count). The summed E-state index contributed by atoms with van der Waals surface area (Å²) in [5, 5.41) is 9.25. The zero-order valence-electron chi connectivity index (χ0n) is 13.6. The van der Waals surface area contributed by atoms with Crippen molar-refractivity contribution in [3.8, 4) is 0 Å². The molecule has 0 spiro atoms. The first kappa shape index (κ1) is 16.0. The summed E-state index contributed by atoms with van der Waals surface area (Å²) in [5.41, 5.74) is 2.46. The Morgan fingerprint density at radius 3 is 2.57 bits per heavy atom. The smallest absolute Gasteiger partial charge is 0.328 e. The van der Waals surface area contributed by atoms with Gasteiger partial charge < -0.3 is 14.7 Å². The molecule has 1 aromatic rings. The third-order valence-corrected chi connectivity index (χ3v) is 4.84. The van der Waals surface area contributed by atoms with Crippen LogP contribution >= 0.6 is 0 Å². The maximum Gasteiger partial charge on any atom is 0.328 e. The van der Waals surface area contributed by atoms with Crippen LogP contribution in [-0.4, -0.2) is 47.7 Å². The standard InChI is InChI=1S/C18H23NO4/c1-11(2)12-3-5-13(6-4-12)14-9-15(14)17(20)19-7-8-23-10-16(19)18(21)22/h3-6,11,14-16H,7-10H2,1-2H3,(H,21,22)/t14-,15+,16-/m0/s1. The fourth-order valence-corrected chi connectivity index (χ4v) is 3.25. The van der Waals surface area contributed by atoms with Crippen molar-refractivity contribution in [3.05, 3.63) is 35.4 Å². The molecule has 1 saturated carbocycles. The van der Waals surface area contributed by atoms with E-state index in [1.165, 1.54) is 16.0 Å². The molecule has 1 aliphatic carbocycles. The Bertz CT molecular complexity index is 596. The van der Waals surface area contributed by atoms with Gasteiger partial charge in [0, 0.05) is 12.5 Å². The summed E-state index contributed by atoms with van der Waals surface area (Å²) in [7, 11) is 0. The number of benzene rings is 1. The fourth-order valence-electron chi connectivity index (χ4n) is 3.25. The number of carbonyl (C=O) groups is 2. The van der Waals surface area contributed by atoms with Crippen LogP contribution in [0.1, 0.15) is 43.2 Å². The van der Waals surface area contributed by atoms with Crippen molar-refractivity contribution in [2.24, 2.45) is 5.92 Å². The van der Waals surface area contributed by atoms with Gasteiger partial charge in [-0.3, -0.25) is 4.79 Å². The van der Waals surface area contributed by atoms with Crippen LogP contribution in [0.4, 0.5) is 0 Å². The van der Waals surface area contributed by atoms with Gasteiger partial charge in [0.1, 0.15) is 0 Å². The highest BCUT2D eigenvalue weighted by Crippen LogP contribution is 2.48. The molecule has 2 aliphatic rings. The van der Waals surface area contributed by atoms with Crippen molar-refractivity contribution in [1.82, 2.24) is 4.90 Å². The Morgan fingerprint density at radius 2 is 1.96 bits per heavy atom. The number of hydrogen-bond acceptors (Lipinski definition) is 3. The largest absolute Gasteiger partial charge is 0.480 e. The van der Waals surface area contributed by atoms with Gasteiger partial charge in [-0.2, -0.15) is 0 Å². The second-order valence-electron chi connectivity index (χ2n) is 6.73. The predicted octanol–water partition coefficient (Wildman–Crippen LogP) is 2.23. The van der Waals surface area contributed by atoms with Crippen LogP contribution in [0, 0.1) is 5.92 Å². The lowest BCUT2D eigenvalue weighted by molar-refractivity contribution is -0.158. The molecule has 1 aliphatic heterocycles. The molecular weight excluding hydrogens is 294 g/mol. The second kappa shape index (κ2) is 6.32. The molecule has 1 amide bonds. The molecule has 3 atom stereocenters. The number of morpholine rings is 1. The molecule has 5 nitrogen and oxygen atoms in total. The maximum absolute atomic E-state index is 12.6. The number of carboxylic acid groups (broad SMARTS) is 1. The van der Waals surface area contributed by atoms with Crippen molar-refractivity contribution < 1.29 is 19.4 Å². The van der Waals surface area contributed by atoms with Gasteiger partial charge in [0.15, 0.2) is 6.04 Å². The molecule has 0 radical (unpaired) electrons. The lowest BCUT2D eigenvalue weighted by Gasteiger charge is -2.33. The molecule has 0 unspecified atom stereocenters. The van der Waals surface area contributed by atoms with Crippen molar-refractivity contribution in [1.29, 1.82) is 0 Å². The SMILES string of the molecule is CC(C)c1ccc([C@@H]2C[C@H]2C(=O)N2CCOC[C@H]2C(=O)O)cc1. The van der Waals surface area contributed by atoms with Gasteiger partial charge in [0.05, 0.1) is 13.2 Å². The Labute approximate surface area is 136 Å². The average Bonchev–Trinajstić information content (AvgIpc) is 3.35. The van der Waals surface area contributed by atoms with Gasteiger partial charge >= 0.3 is 5.97 Å². The van der Waals surface area contributed by atoms with E-state index in [-0.39, 0.29) is 24.3 Å². The van der Waals surface area contributed by atoms with Gasteiger partial charge in [0.2, 0.25) is 5.91 Å². The quantitative estimate of drug-likeness (QED) is 0.925. The summed E-state index contributed by atoms with van der Waals surface area (Å²) in [4.78, 5) is 25.4. The zero-order chi connectivity index (χ0) is 16.6. The zero-order valence-corrected chi connectivity index (χ0v) is 13.6. The number of ether oxygens (including phenoxy) is 1. The van der Waals surface area contributed by atoms with Gasteiger partial charge in [-0.05, 0) is 29.4 Å². The number of amides is 1. The summed E-state index contributed by atoms with van der Waals surface area (Å²) >= 11 is 0. The molecule has 0 aromatic heterocycles. The van der Waals surface area contributed by atoms with E-state index in [1.54, 1.807) is 0 Å². The highest BCUT2D eigenvalue weighted by Gasteiger charge is 2.48. The Hall–Kier alpha value is -1.88. The van der Waals surface area contributed by atoms with Crippen LogP contribution in [-0.2, 0) is 14.3 Å². The predicted molar refractivity (Wildman–Crippen MR) is 85.3 cm³/mol. The molecule has 1 N–H and O–H groups in total. The van der Waals surface area contributed by atoms with Crippen LogP contribution in [0.5, 0.6) is 0 Å². The number of hydrogen-bond donors (Lipinski definition) is 1. The van der Waals surface area contributed by atoms with Crippen LogP contribution in [0.3, 0.4) is 0 Å². The second-order valence-corrected chi connectivity index (χ2v) is 6.73. The number of aliphatic carboxylic acids is 1. The topological polar surface area (TPSA) is 66.8 Å². The van der Waals surface area contributed by atoms with Crippen molar-refractivity contribution in [3.63, 3.8) is 0 Å². The molecule has 1 heterocycles. The van der Waals surface area contributed by atoms with E-state index in [0.29, 0.717) is 19.1 Å². The molecule has 23 heavy (non-hydrogen) atoms. The van der Waals surface area contributed by atoms with Gasteiger partial charge in [-0.1, -0.05) is 38.1 Å².